The number of fused-ring (bicyclic) bond motifs is 1. The van der Waals surface area contributed by atoms with Crippen LogP contribution in [0.3, 0.4) is 0 Å². The molecule has 3 heteroatoms. The molecule has 0 spiro atoms. The van der Waals surface area contributed by atoms with E-state index in [1.54, 1.807) is 0 Å². The molecule has 1 aliphatic heterocycles. The largest absolute Gasteiger partial charge is 0.342 e. The van der Waals surface area contributed by atoms with Crippen molar-refractivity contribution >= 4 is 5.91 Å². The van der Waals surface area contributed by atoms with E-state index in [0.29, 0.717) is 17.7 Å². The van der Waals surface area contributed by atoms with Crippen LogP contribution >= 0.6 is 0 Å². The van der Waals surface area contributed by atoms with Gasteiger partial charge in [0.2, 0.25) is 5.91 Å². The first-order chi connectivity index (χ1) is 6.72. The highest BCUT2D eigenvalue weighted by Crippen LogP contribution is 2.45. The maximum atomic E-state index is 11.8. The fourth-order valence-corrected chi connectivity index (χ4v) is 2.51. The number of hydrogen-bond acceptors (Lipinski definition) is 2. The van der Waals surface area contributed by atoms with Crippen molar-refractivity contribution in [1.82, 2.24) is 10.2 Å². The van der Waals surface area contributed by atoms with E-state index in [4.69, 9.17) is 0 Å². The maximum absolute atomic E-state index is 11.8. The summed E-state index contributed by atoms with van der Waals surface area (Å²) < 4.78 is 0. The third kappa shape index (κ3) is 1.92. The average molecular weight is 196 g/mol. The first-order valence-corrected chi connectivity index (χ1v) is 5.65. The zero-order valence-corrected chi connectivity index (χ0v) is 9.12. The zero-order valence-electron chi connectivity index (χ0n) is 9.12. The lowest BCUT2D eigenvalue weighted by atomic mass is 10.1. The van der Waals surface area contributed by atoms with Gasteiger partial charge in [0.15, 0.2) is 0 Å². The van der Waals surface area contributed by atoms with Gasteiger partial charge < -0.3 is 10.2 Å². The van der Waals surface area contributed by atoms with E-state index in [1.165, 1.54) is 6.42 Å². The Kier molecular flexibility index (Phi) is 2.77. The van der Waals surface area contributed by atoms with E-state index in [1.807, 2.05) is 7.05 Å². The lowest BCUT2D eigenvalue weighted by molar-refractivity contribution is -0.135. The SMILES string of the molecule is CNCC(C)CN1CCC2CC2C1=O. The summed E-state index contributed by atoms with van der Waals surface area (Å²) in [4.78, 5) is 13.9. The van der Waals surface area contributed by atoms with Gasteiger partial charge in [-0.05, 0) is 38.3 Å². The summed E-state index contributed by atoms with van der Waals surface area (Å²) in [7, 11) is 1.96. The Bertz CT molecular complexity index is 229. The van der Waals surface area contributed by atoms with Crippen LogP contribution in [0.15, 0.2) is 0 Å². The van der Waals surface area contributed by atoms with E-state index >= 15 is 0 Å². The molecule has 1 heterocycles. The minimum absolute atomic E-state index is 0.408. The summed E-state index contributed by atoms with van der Waals surface area (Å²) in [6.07, 6.45) is 2.40. The fourth-order valence-electron chi connectivity index (χ4n) is 2.51. The van der Waals surface area contributed by atoms with Gasteiger partial charge >= 0.3 is 0 Å². The molecule has 1 saturated carbocycles. The monoisotopic (exact) mass is 196 g/mol. The summed E-state index contributed by atoms with van der Waals surface area (Å²) in [6, 6.07) is 0. The number of likely N-dealkylation sites (tertiary alicyclic amines) is 1. The van der Waals surface area contributed by atoms with Gasteiger partial charge in [-0.15, -0.1) is 0 Å². The molecule has 0 radical (unpaired) electrons. The van der Waals surface area contributed by atoms with Crippen molar-refractivity contribution in [3.05, 3.63) is 0 Å². The molecule has 1 aliphatic carbocycles. The normalized spacial score (nSPS) is 32.7. The number of piperidine rings is 1. The van der Waals surface area contributed by atoms with Crippen molar-refractivity contribution in [2.75, 3.05) is 26.7 Å². The van der Waals surface area contributed by atoms with E-state index < -0.39 is 0 Å². The minimum atomic E-state index is 0.408. The molecule has 1 N–H and O–H groups in total. The molecule has 1 amide bonds. The van der Waals surface area contributed by atoms with Crippen LogP contribution in [0.2, 0.25) is 0 Å². The van der Waals surface area contributed by atoms with Crippen molar-refractivity contribution in [1.29, 1.82) is 0 Å². The second-order valence-corrected chi connectivity index (χ2v) is 4.84. The van der Waals surface area contributed by atoms with E-state index in [-0.39, 0.29) is 0 Å². The van der Waals surface area contributed by atoms with E-state index in [9.17, 15) is 4.79 Å². The first kappa shape index (κ1) is 9.97. The van der Waals surface area contributed by atoms with Crippen LogP contribution in [0.5, 0.6) is 0 Å². The molecule has 0 aromatic carbocycles. The van der Waals surface area contributed by atoms with Gasteiger partial charge in [0, 0.05) is 19.0 Å². The highest BCUT2D eigenvalue weighted by molar-refractivity contribution is 5.82. The van der Waals surface area contributed by atoms with Crippen molar-refractivity contribution in [3.8, 4) is 0 Å². The van der Waals surface area contributed by atoms with Crippen LogP contribution in [0.4, 0.5) is 0 Å². The lowest BCUT2D eigenvalue weighted by Crippen LogP contribution is -2.41. The molecular formula is C11H20N2O. The Morgan fingerprint density at radius 1 is 1.64 bits per heavy atom. The maximum Gasteiger partial charge on any atom is 0.225 e. The van der Waals surface area contributed by atoms with Crippen LogP contribution in [-0.4, -0.2) is 37.5 Å². The van der Waals surface area contributed by atoms with E-state index in [0.717, 1.165) is 32.0 Å². The van der Waals surface area contributed by atoms with Gasteiger partial charge in [-0.1, -0.05) is 6.92 Å². The Morgan fingerprint density at radius 3 is 3.14 bits per heavy atom. The predicted molar refractivity (Wildman–Crippen MR) is 55.9 cm³/mol. The van der Waals surface area contributed by atoms with Gasteiger partial charge in [-0.2, -0.15) is 0 Å². The molecule has 2 fully saturated rings. The Labute approximate surface area is 85.8 Å². The summed E-state index contributed by atoms with van der Waals surface area (Å²) in [5.41, 5.74) is 0. The fraction of sp³-hybridized carbons (Fsp3) is 0.909. The predicted octanol–water partition coefficient (Wildman–Crippen LogP) is 0.710. The molecule has 2 rings (SSSR count). The van der Waals surface area contributed by atoms with Gasteiger partial charge in [0.1, 0.15) is 0 Å². The number of carbonyl (C=O) groups excluding carboxylic acids is 1. The Morgan fingerprint density at radius 2 is 2.43 bits per heavy atom. The second kappa shape index (κ2) is 3.89. The molecule has 2 aliphatic rings. The van der Waals surface area contributed by atoms with Crippen LogP contribution in [-0.2, 0) is 4.79 Å². The zero-order chi connectivity index (χ0) is 10.1. The molecule has 80 valence electrons. The molecule has 14 heavy (non-hydrogen) atoms. The Balaban J connectivity index is 1.82. The number of nitrogens with zero attached hydrogens (tertiary/aromatic N) is 1. The van der Waals surface area contributed by atoms with Crippen LogP contribution in [0, 0.1) is 17.8 Å². The summed E-state index contributed by atoms with van der Waals surface area (Å²) in [6.45, 7) is 5.12. The van der Waals surface area contributed by atoms with Gasteiger partial charge in [-0.3, -0.25) is 4.79 Å². The van der Waals surface area contributed by atoms with Gasteiger partial charge in [-0.25, -0.2) is 0 Å². The number of carbonyl (C=O) groups is 1. The molecule has 1 saturated heterocycles. The standard InChI is InChI=1S/C11H20N2O/c1-8(6-12-2)7-13-4-3-9-5-10(9)11(13)14/h8-10,12H,3-7H2,1-2H3. The number of nitrogens with one attached hydrogen (secondary N) is 1. The lowest BCUT2D eigenvalue weighted by Gasteiger charge is -2.29. The molecule has 3 unspecified atom stereocenters. The highest BCUT2D eigenvalue weighted by Gasteiger charge is 2.47. The van der Waals surface area contributed by atoms with Crippen molar-refractivity contribution in [2.45, 2.75) is 19.8 Å². The van der Waals surface area contributed by atoms with E-state index in [2.05, 4.69) is 17.1 Å². The number of rotatable bonds is 4. The highest BCUT2D eigenvalue weighted by atomic mass is 16.2. The third-order valence-corrected chi connectivity index (χ3v) is 3.41. The number of hydrogen-bond donors (Lipinski definition) is 1. The van der Waals surface area contributed by atoms with Gasteiger partial charge in [0.25, 0.3) is 0 Å². The quantitative estimate of drug-likeness (QED) is 0.718. The molecule has 0 aromatic rings. The van der Waals surface area contributed by atoms with Crippen molar-refractivity contribution in [3.63, 3.8) is 0 Å². The number of amides is 1. The molecule has 3 nitrogen and oxygen atoms in total. The third-order valence-electron chi connectivity index (χ3n) is 3.41. The molecule has 3 atom stereocenters. The van der Waals surface area contributed by atoms with Crippen molar-refractivity contribution in [2.24, 2.45) is 17.8 Å². The molecule has 0 bridgehead atoms. The topological polar surface area (TPSA) is 32.3 Å². The van der Waals surface area contributed by atoms with Crippen LogP contribution in [0.25, 0.3) is 0 Å². The first-order valence-electron chi connectivity index (χ1n) is 5.65. The molecular weight excluding hydrogens is 176 g/mol. The van der Waals surface area contributed by atoms with Gasteiger partial charge in [0.05, 0.1) is 0 Å². The van der Waals surface area contributed by atoms with Crippen LogP contribution < -0.4 is 5.32 Å². The molecule has 0 aromatic heterocycles. The summed E-state index contributed by atoms with van der Waals surface area (Å²) >= 11 is 0. The average Bonchev–Trinajstić information content (AvgIpc) is 2.90. The van der Waals surface area contributed by atoms with Crippen molar-refractivity contribution < 1.29 is 4.79 Å². The van der Waals surface area contributed by atoms with Crippen LogP contribution in [0.1, 0.15) is 19.8 Å². The minimum Gasteiger partial charge on any atom is -0.342 e. The second-order valence-electron chi connectivity index (χ2n) is 4.84. The Hall–Kier alpha value is -0.570. The summed E-state index contributed by atoms with van der Waals surface area (Å²) in [5.74, 6) is 2.15. The smallest absolute Gasteiger partial charge is 0.225 e. The summed E-state index contributed by atoms with van der Waals surface area (Å²) in [5, 5.41) is 3.16.